The molecule has 1 heterocycles. The molecule has 5 nitrogen and oxygen atoms in total. The first-order chi connectivity index (χ1) is 9.62. The fourth-order valence-electron chi connectivity index (χ4n) is 2.11. The third-order valence-electron chi connectivity index (χ3n) is 3.21. The van der Waals surface area contributed by atoms with Gasteiger partial charge in [0.05, 0.1) is 19.6 Å². The Balaban J connectivity index is 2.06. The molecule has 1 aliphatic rings. The zero-order chi connectivity index (χ0) is 14.5. The van der Waals surface area contributed by atoms with Gasteiger partial charge in [0, 0.05) is 13.5 Å². The maximum atomic E-state index is 11.4. The number of ether oxygens (including phenoxy) is 3. The number of phenolic OH excluding ortho intramolecular Hbond substituents is 1. The van der Waals surface area contributed by atoms with Gasteiger partial charge in [0.2, 0.25) is 0 Å². The molecule has 1 aliphatic heterocycles. The lowest BCUT2D eigenvalue weighted by Crippen LogP contribution is -2.32. The van der Waals surface area contributed by atoms with E-state index in [9.17, 15) is 9.90 Å². The molecule has 0 bridgehead atoms. The van der Waals surface area contributed by atoms with E-state index in [0.717, 1.165) is 5.56 Å². The number of hydrogen-bond donors (Lipinski definition) is 1. The van der Waals surface area contributed by atoms with Crippen LogP contribution < -0.4 is 4.74 Å². The molecule has 1 aromatic rings. The van der Waals surface area contributed by atoms with Crippen molar-refractivity contribution >= 4 is 12.0 Å². The van der Waals surface area contributed by atoms with E-state index in [1.165, 1.54) is 7.11 Å². The summed E-state index contributed by atoms with van der Waals surface area (Å²) in [6, 6.07) is 5.03. The molecular formula is C15H18O5. The number of phenols is 1. The number of carbonyl (C=O) groups is 1. The van der Waals surface area contributed by atoms with Crippen LogP contribution >= 0.6 is 0 Å². The van der Waals surface area contributed by atoms with Gasteiger partial charge in [-0.25, -0.2) is 0 Å². The lowest BCUT2D eigenvalue weighted by molar-refractivity contribution is -0.157. The van der Waals surface area contributed by atoms with Crippen LogP contribution in [0.4, 0.5) is 0 Å². The first-order valence-electron chi connectivity index (χ1n) is 6.40. The molecule has 0 aliphatic carbocycles. The van der Waals surface area contributed by atoms with Crippen LogP contribution in [-0.2, 0) is 14.3 Å². The Morgan fingerprint density at radius 3 is 2.90 bits per heavy atom. The van der Waals surface area contributed by atoms with E-state index < -0.39 is 0 Å². The summed E-state index contributed by atoms with van der Waals surface area (Å²) in [6.07, 6.45) is 4.20. The van der Waals surface area contributed by atoms with Crippen LogP contribution in [-0.4, -0.2) is 37.5 Å². The van der Waals surface area contributed by atoms with Gasteiger partial charge in [-0.2, -0.15) is 0 Å². The first-order valence-corrected chi connectivity index (χ1v) is 6.40. The SMILES string of the molecule is COc1cc(C=CC2CC(OC)CC(=O)O2)ccc1O. The molecule has 0 spiro atoms. The summed E-state index contributed by atoms with van der Waals surface area (Å²) in [4.78, 5) is 11.4. The Morgan fingerprint density at radius 2 is 2.20 bits per heavy atom. The van der Waals surface area contributed by atoms with Crippen LogP contribution in [0.1, 0.15) is 18.4 Å². The summed E-state index contributed by atoms with van der Waals surface area (Å²) in [5.74, 6) is 0.247. The van der Waals surface area contributed by atoms with Gasteiger partial charge < -0.3 is 19.3 Å². The Hall–Kier alpha value is -2.01. The second-order valence-corrected chi connectivity index (χ2v) is 4.62. The van der Waals surface area contributed by atoms with Crippen molar-refractivity contribution in [1.82, 2.24) is 0 Å². The maximum Gasteiger partial charge on any atom is 0.309 e. The maximum absolute atomic E-state index is 11.4. The zero-order valence-corrected chi connectivity index (χ0v) is 11.5. The highest BCUT2D eigenvalue weighted by Gasteiger charge is 2.26. The van der Waals surface area contributed by atoms with Gasteiger partial charge in [0.15, 0.2) is 11.5 Å². The summed E-state index contributed by atoms with van der Waals surface area (Å²) in [6.45, 7) is 0. The third-order valence-corrected chi connectivity index (χ3v) is 3.21. The average Bonchev–Trinajstić information content (AvgIpc) is 2.45. The first kappa shape index (κ1) is 14.4. The summed E-state index contributed by atoms with van der Waals surface area (Å²) >= 11 is 0. The molecule has 20 heavy (non-hydrogen) atoms. The number of carbonyl (C=O) groups excluding carboxylic acids is 1. The van der Waals surface area contributed by atoms with Crippen molar-refractivity contribution in [3.05, 3.63) is 29.8 Å². The van der Waals surface area contributed by atoms with E-state index in [1.807, 2.05) is 12.2 Å². The molecule has 2 unspecified atom stereocenters. The highest BCUT2D eigenvalue weighted by Crippen LogP contribution is 2.27. The molecule has 2 atom stereocenters. The van der Waals surface area contributed by atoms with Crippen LogP contribution in [0.2, 0.25) is 0 Å². The average molecular weight is 278 g/mol. The Morgan fingerprint density at radius 1 is 1.40 bits per heavy atom. The predicted octanol–water partition coefficient (Wildman–Crippen LogP) is 2.13. The normalized spacial score (nSPS) is 22.8. The van der Waals surface area contributed by atoms with E-state index in [4.69, 9.17) is 14.2 Å². The van der Waals surface area contributed by atoms with Crippen molar-refractivity contribution in [2.24, 2.45) is 0 Å². The number of methoxy groups -OCH3 is 2. The van der Waals surface area contributed by atoms with Crippen molar-refractivity contribution in [2.45, 2.75) is 25.0 Å². The van der Waals surface area contributed by atoms with Gasteiger partial charge >= 0.3 is 5.97 Å². The van der Waals surface area contributed by atoms with E-state index in [1.54, 1.807) is 25.3 Å². The van der Waals surface area contributed by atoms with Gasteiger partial charge in [0.25, 0.3) is 0 Å². The topological polar surface area (TPSA) is 65.0 Å². The molecule has 1 N–H and O–H groups in total. The van der Waals surface area contributed by atoms with Crippen molar-refractivity contribution in [3.8, 4) is 11.5 Å². The summed E-state index contributed by atoms with van der Waals surface area (Å²) < 4.78 is 15.5. The van der Waals surface area contributed by atoms with E-state index in [2.05, 4.69) is 0 Å². The van der Waals surface area contributed by atoms with Gasteiger partial charge in [-0.05, 0) is 23.8 Å². The molecule has 1 aromatic carbocycles. The second kappa shape index (κ2) is 6.43. The third kappa shape index (κ3) is 3.51. The van der Waals surface area contributed by atoms with Gasteiger partial charge in [-0.1, -0.05) is 12.1 Å². The van der Waals surface area contributed by atoms with Crippen LogP contribution in [0.15, 0.2) is 24.3 Å². The van der Waals surface area contributed by atoms with Gasteiger partial charge in [-0.15, -0.1) is 0 Å². The Bertz CT molecular complexity index is 509. The quantitative estimate of drug-likeness (QED) is 0.855. The van der Waals surface area contributed by atoms with Crippen molar-refractivity contribution in [3.63, 3.8) is 0 Å². The fourth-order valence-corrected chi connectivity index (χ4v) is 2.11. The molecule has 0 radical (unpaired) electrons. The number of benzene rings is 1. The van der Waals surface area contributed by atoms with E-state index in [-0.39, 0.29) is 23.9 Å². The van der Waals surface area contributed by atoms with E-state index >= 15 is 0 Å². The number of esters is 1. The minimum atomic E-state index is -0.291. The zero-order valence-electron chi connectivity index (χ0n) is 11.5. The van der Waals surface area contributed by atoms with Crippen molar-refractivity contribution < 1.29 is 24.1 Å². The molecular weight excluding hydrogens is 260 g/mol. The second-order valence-electron chi connectivity index (χ2n) is 4.62. The smallest absolute Gasteiger partial charge is 0.309 e. The van der Waals surface area contributed by atoms with Crippen LogP contribution in [0.3, 0.4) is 0 Å². The molecule has 1 saturated heterocycles. The van der Waals surface area contributed by atoms with Crippen molar-refractivity contribution in [1.29, 1.82) is 0 Å². The number of aromatic hydroxyl groups is 1. The largest absolute Gasteiger partial charge is 0.504 e. The molecule has 108 valence electrons. The fraction of sp³-hybridized carbons (Fsp3) is 0.400. The minimum Gasteiger partial charge on any atom is -0.504 e. The highest BCUT2D eigenvalue weighted by molar-refractivity contribution is 5.71. The Kier molecular flexibility index (Phi) is 4.63. The standard InChI is InChI=1S/C15H18O5/c1-18-12-8-11(20-15(17)9-12)5-3-10-4-6-13(16)14(7-10)19-2/h3-7,11-12,16H,8-9H2,1-2H3. The van der Waals surface area contributed by atoms with Gasteiger partial charge in [-0.3, -0.25) is 4.79 Å². The van der Waals surface area contributed by atoms with Crippen LogP contribution in [0.25, 0.3) is 6.08 Å². The summed E-state index contributed by atoms with van der Waals surface area (Å²) in [5, 5.41) is 9.52. The molecule has 2 rings (SSSR count). The lowest BCUT2D eigenvalue weighted by atomic mass is 10.0. The lowest BCUT2D eigenvalue weighted by Gasteiger charge is -2.25. The molecule has 1 fully saturated rings. The summed E-state index contributed by atoms with van der Waals surface area (Å²) in [7, 11) is 3.09. The minimum absolute atomic E-state index is 0.0909. The number of rotatable bonds is 4. The van der Waals surface area contributed by atoms with Gasteiger partial charge in [0.1, 0.15) is 6.10 Å². The molecule has 0 saturated carbocycles. The van der Waals surface area contributed by atoms with Crippen molar-refractivity contribution in [2.75, 3.05) is 14.2 Å². The molecule has 5 heteroatoms. The predicted molar refractivity (Wildman–Crippen MR) is 73.6 cm³/mol. The van der Waals surface area contributed by atoms with Crippen LogP contribution in [0, 0.1) is 0 Å². The van der Waals surface area contributed by atoms with E-state index in [0.29, 0.717) is 18.6 Å². The number of hydrogen-bond acceptors (Lipinski definition) is 5. The molecule has 0 aromatic heterocycles. The summed E-state index contributed by atoms with van der Waals surface area (Å²) in [5.41, 5.74) is 0.857. The number of cyclic esters (lactones) is 1. The molecule has 0 amide bonds. The van der Waals surface area contributed by atoms with Crippen LogP contribution in [0.5, 0.6) is 11.5 Å². The Labute approximate surface area is 117 Å². The highest BCUT2D eigenvalue weighted by atomic mass is 16.6. The monoisotopic (exact) mass is 278 g/mol.